The van der Waals surface area contributed by atoms with Crippen LogP contribution in [0.2, 0.25) is 0 Å². The van der Waals surface area contributed by atoms with Gasteiger partial charge in [0.25, 0.3) is 11.8 Å². The van der Waals surface area contributed by atoms with E-state index in [0.29, 0.717) is 72.9 Å². The van der Waals surface area contributed by atoms with E-state index in [9.17, 15) is 19.2 Å². The predicted octanol–water partition coefficient (Wildman–Crippen LogP) is 5.57. The van der Waals surface area contributed by atoms with Crippen LogP contribution in [0, 0.1) is 0 Å². The van der Waals surface area contributed by atoms with E-state index in [1.807, 2.05) is 49.1 Å². The van der Waals surface area contributed by atoms with Crippen molar-refractivity contribution in [3.05, 3.63) is 93.8 Å². The van der Waals surface area contributed by atoms with Crippen molar-refractivity contribution in [1.29, 1.82) is 0 Å². The molecular weight excluding hydrogens is 685 g/mol. The molecule has 3 aromatic rings. The number of anilines is 1. The largest absolute Gasteiger partial charge is 0.444 e. The van der Waals surface area contributed by atoms with Crippen LogP contribution in [0.5, 0.6) is 0 Å². The molecule has 5 N–H and O–H groups in total. The van der Waals surface area contributed by atoms with E-state index >= 15 is 0 Å². The third-order valence-electron chi connectivity index (χ3n) is 8.86. The first-order valence-electron chi connectivity index (χ1n) is 18.7. The zero-order valence-electron chi connectivity index (χ0n) is 32.0. The molecular formula is C41H52N8O5. The Hall–Kier alpha value is -5.40. The van der Waals surface area contributed by atoms with Crippen LogP contribution in [0.3, 0.4) is 0 Å². The third-order valence-corrected chi connectivity index (χ3v) is 8.86. The van der Waals surface area contributed by atoms with E-state index in [2.05, 4.69) is 25.8 Å². The molecule has 2 aliphatic heterocycles. The van der Waals surface area contributed by atoms with E-state index in [0.717, 1.165) is 42.6 Å². The molecule has 54 heavy (non-hydrogen) atoms. The van der Waals surface area contributed by atoms with Gasteiger partial charge in [-0.3, -0.25) is 29.6 Å². The normalized spacial score (nSPS) is 14.0. The van der Waals surface area contributed by atoms with Crippen molar-refractivity contribution >= 4 is 47.1 Å². The summed E-state index contributed by atoms with van der Waals surface area (Å²) in [6.45, 7) is 13.6. The summed E-state index contributed by atoms with van der Waals surface area (Å²) in [5.74, 6) is -0.356. The summed E-state index contributed by atoms with van der Waals surface area (Å²) in [5, 5.41) is 8.51. The summed E-state index contributed by atoms with van der Waals surface area (Å²) in [7, 11) is 0. The lowest BCUT2D eigenvalue weighted by atomic mass is 10.0. The number of aromatic nitrogens is 1. The van der Waals surface area contributed by atoms with E-state index in [1.54, 1.807) is 51.2 Å². The summed E-state index contributed by atoms with van der Waals surface area (Å²) in [6, 6.07) is 14.7. The number of carbonyl (C=O) groups excluding carboxylic acids is 4. The smallest absolute Gasteiger partial charge is 0.413 e. The summed E-state index contributed by atoms with van der Waals surface area (Å²) < 4.78 is 5.48. The number of hydrogen-bond donors (Lipinski definition) is 4. The van der Waals surface area contributed by atoms with Crippen LogP contribution in [0.4, 0.5) is 16.2 Å². The fourth-order valence-electron chi connectivity index (χ4n) is 6.40. The molecule has 0 unspecified atom stereocenters. The monoisotopic (exact) mass is 736 g/mol. The molecule has 0 atom stereocenters. The molecule has 3 heterocycles. The number of ether oxygens (including phenoxy) is 1. The summed E-state index contributed by atoms with van der Waals surface area (Å²) >= 11 is 0. The summed E-state index contributed by atoms with van der Waals surface area (Å²) in [4.78, 5) is 65.9. The number of nitrogens with zero attached hydrogens (tertiary/aromatic N) is 4. The van der Waals surface area contributed by atoms with Crippen molar-refractivity contribution in [3.63, 3.8) is 0 Å². The highest BCUT2D eigenvalue weighted by molar-refractivity contribution is 6.10. The lowest BCUT2D eigenvalue weighted by molar-refractivity contribution is -0.127. The lowest BCUT2D eigenvalue weighted by Gasteiger charge is -2.28. The Morgan fingerprint density at radius 2 is 1.67 bits per heavy atom. The molecule has 0 fully saturated rings. The average molecular weight is 737 g/mol. The van der Waals surface area contributed by atoms with Crippen LogP contribution < -0.4 is 21.7 Å². The first-order chi connectivity index (χ1) is 25.8. The third kappa shape index (κ3) is 10.8. The molecule has 0 bridgehead atoms. The Labute approximate surface area is 317 Å². The molecule has 4 amide bonds. The second-order valence-corrected chi connectivity index (χ2v) is 14.6. The maximum absolute atomic E-state index is 13.7. The van der Waals surface area contributed by atoms with Gasteiger partial charge in [-0.1, -0.05) is 32.0 Å². The maximum atomic E-state index is 13.7. The summed E-state index contributed by atoms with van der Waals surface area (Å²) in [5.41, 5.74) is 11.0. The highest BCUT2D eigenvalue weighted by atomic mass is 16.6. The van der Waals surface area contributed by atoms with Crippen molar-refractivity contribution < 1.29 is 23.9 Å². The van der Waals surface area contributed by atoms with Crippen molar-refractivity contribution in [2.45, 2.75) is 79.0 Å². The van der Waals surface area contributed by atoms with Crippen LogP contribution >= 0.6 is 0 Å². The number of rotatable bonds is 12. The predicted molar refractivity (Wildman–Crippen MR) is 211 cm³/mol. The minimum Gasteiger partial charge on any atom is -0.444 e. The Morgan fingerprint density at radius 1 is 0.944 bits per heavy atom. The van der Waals surface area contributed by atoms with Crippen molar-refractivity contribution in [1.82, 2.24) is 25.4 Å². The van der Waals surface area contributed by atoms with Gasteiger partial charge in [-0.05, 0) is 81.1 Å². The van der Waals surface area contributed by atoms with E-state index < -0.39 is 11.7 Å². The number of alkyl carbamates (subject to hydrolysis) is 1. The molecule has 0 saturated heterocycles. The number of carbonyl (C=O) groups is 4. The van der Waals surface area contributed by atoms with Crippen LogP contribution in [-0.4, -0.2) is 82.8 Å². The number of amidine groups is 1. The molecule has 0 aliphatic carbocycles. The van der Waals surface area contributed by atoms with Gasteiger partial charge < -0.3 is 26.0 Å². The second kappa shape index (κ2) is 18.1. The first-order valence-corrected chi connectivity index (χ1v) is 18.7. The van der Waals surface area contributed by atoms with Gasteiger partial charge in [-0.2, -0.15) is 0 Å². The molecule has 2 aromatic carbocycles. The standard InChI is InChI=1S/C41H52N8O5/c1-6-17-49(18-7-2)39(52)31-20-29-12-13-30(22-35(29)46-36(23-31)47-40(53)54-41(3,4)5)38(51)45-33-21-32-26-48(19-14-34(32)44-24-33)25-27-8-10-28(11-9-27)37(50)43-16-15-42/h8-13,20-22,24H,6-7,14-19,23,25-26,42H2,1-5H3,(H,43,50)(H,45,51)(H,46,47,53). The van der Waals surface area contributed by atoms with E-state index in [4.69, 9.17) is 15.5 Å². The van der Waals surface area contributed by atoms with Crippen molar-refractivity contribution in [3.8, 4) is 0 Å². The van der Waals surface area contributed by atoms with Crippen LogP contribution in [0.1, 0.15) is 97.0 Å². The molecule has 286 valence electrons. The van der Waals surface area contributed by atoms with Gasteiger partial charge in [-0.15, -0.1) is 0 Å². The van der Waals surface area contributed by atoms with Gasteiger partial charge in [0, 0.05) is 86.6 Å². The number of benzene rings is 2. The quantitative estimate of drug-likeness (QED) is 0.187. The highest BCUT2D eigenvalue weighted by Gasteiger charge is 2.25. The zero-order chi connectivity index (χ0) is 38.8. The van der Waals surface area contributed by atoms with Gasteiger partial charge in [0.2, 0.25) is 5.91 Å². The lowest BCUT2D eigenvalue weighted by Crippen LogP contribution is -2.38. The topological polar surface area (TPSA) is 171 Å². The number of amides is 4. The van der Waals surface area contributed by atoms with Crippen LogP contribution in [0.25, 0.3) is 6.08 Å². The van der Waals surface area contributed by atoms with Gasteiger partial charge in [0.05, 0.1) is 17.6 Å². The molecule has 13 heteroatoms. The summed E-state index contributed by atoms with van der Waals surface area (Å²) in [6.07, 6.45) is 5.28. The minimum atomic E-state index is -0.729. The van der Waals surface area contributed by atoms with Gasteiger partial charge in [0.15, 0.2) is 0 Å². The SMILES string of the molecule is CCCN(CCC)C(=O)C1=Cc2ccc(C(=O)Nc3cnc4c(c3)CN(Cc3ccc(C(=O)NCCN)cc3)CC4)cc2N=C(NC(=O)OC(C)(C)C)C1. The van der Waals surface area contributed by atoms with E-state index in [1.165, 1.54) is 0 Å². The van der Waals surface area contributed by atoms with Gasteiger partial charge in [0.1, 0.15) is 11.4 Å². The number of nitrogens with two attached hydrogens (primary N) is 1. The van der Waals surface area contributed by atoms with Crippen molar-refractivity contribution in [2.75, 3.05) is 38.0 Å². The molecule has 2 aliphatic rings. The number of aliphatic imine (C=N–C) groups is 1. The molecule has 13 nitrogen and oxygen atoms in total. The molecule has 0 spiro atoms. The number of hydrogen-bond acceptors (Lipinski definition) is 9. The van der Waals surface area contributed by atoms with Gasteiger partial charge in [-0.25, -0.2) is 9.79 Å². The van der Waals surface area contributed by atoms with Crippen LogP contribution in [-0.2, 0) is 29.0 Å². The average Bonchev–Trinajstić information content (AvgIpc) is 3.31. The number of fused-ring (bicyclic) bond motifs is 2. The Bertz CT molecular complexity index is 1910. The maximum Gasteiger partial charge on any atom is 0.413 e. The van der Waals surface area contributed by atoms with Crippen LogP contribution in [0.15, 0.2) is 65.3 Å². The van der Waals surface area contributed by atoms with Gasteiger partial charge >= 0.3 is 6.09 Å². The zero-order valence-corrected chi connectivity index (χ0v) is 32.0. The Morgan fingerprint density at radius 3 is 2.35 bits per heavy atom. The first kappa shape index (κ1) is 39.8. The second-order valence-electron chi connectivity index (χ2n) is 14.6. The number of pyridine rings is 1. The Balaban J connectivity index is 1.32. The Kier molecular flexibility index (Phi) is 13.3. The minimum absolute atomic E-state index is 0.0910. The van der Waals surface area contributed by atoms with E-state index in [-0.39, 0.29) is 30.0 Å². The highest BCUT2D eigenvalue weighted by Crippen LogP contribution is 2.30. The number of nitrogens with one attached hydrogen (secondary N) is 3. The fraction of sp³-hybridized carbons (Fsp3) is 0.415. The molecule has 5 rings (SSSR count). The van der Waals surface area contributed by atoms with Crippen molar-refractivity contribution in [2.24, 2.45) is 10.7 Å². The molecule has 1 aromatic heterocycles. The fourth-order valence-corrected chi connectivity index (χ4v) is 6.40. The molecule has 0 radical (unpaired) electrons. The molecule has 0 saturated carbocycles.